The van der Waals surface area contributed by atoms with Crippen molar-refractivity contribution in [2.75, 3.05) is 7.05 Å². The first-order valence-electron chi connectivity index (χ1n) is 5.54. The van der Waals surface area contributed by atoms with Gasteiger partial charge in [-0.3, -0.25) is 9.88 Å². The summed E-state index contributed by atoms with van der Waals surface area (Å²) in [4.78, 5) is 6.49. The van der Waals surface area contributed by atoms with Crippen LogP contribution < -0.4 is 0 Å². The van der Waals surface area contributed by atoms with Gasteiger partial charge in [0.25, 0.3) is 0 Å². The van der Waals surface area contributed by atoms with Gasteiger partial charge in [0.15, 0.2) is 0 Å². The van der Waals surface area contributed by atoms with E-state index in [4.69, 9.17) is 0 Å². The van der Waals surface area contributed by atoms with E-state index >= 15 is 0 Å². The molecule has 0 bridgehead atoms. The third-order valence-corrected chi connectivity index (χ3v) is 3.08. The maximum atomic E-state index is 4.16. The summed E-state index contributed by atoms with van der Waals surface area (Å²) in [7, 11) is 2.16. The van der Waals surface area contributed by atoms with Gasteiger partial charge in [0.05, 0.1) is 0 Å². The van der Waals surface area contributed by atoms with Crippen molar-refractivity contribution in [3.8, 4) is 11.1 Å². The third kappa shape index (κ3) is 1.61. The highest BCUT2D eigenvalue weighted by atomic mass is 15.1. The van der Waals surface area contributed by atoms with Crippen LogP contribution in [0, 0.1) is 0 Å². The van der Waals surface area contributed by atoms with Crippen LogP contribution in [0.4, 0.5) is 0 Å². The Morgan fingerprint density at radius 2 is 1.94 bits per heavy atom. The number of hydrogen-bond donors (Lipinski definition) is 0. The van der Waals surface area contributed by atoms with Gasteiger partial charge in [-0.05, 0) is 41.4 Å². The van der Waals surface area contributed by atoms with E-state index in [1.54, 1.807) is 0 Å². The summed E-state index contributed by atoms with van der Waals surface area (Å²) in [5, 5.41) is 0. The second-order valence-electron chi connectivity index (χ2n) is 4.40. The van der Waals surface area contributed by atoms with E-state index in [1.165, 1.54) is 22.3 Å². The van der Waals surface area contributed by atoms with Gasteiger partial charge in [0.1, 0.15) is 0 Å². The molecule has 2 nitrogen and oxygen atoms in total. The Bertz CT molecular complexity index is 505. The van der Waals surface area contributed by atoms with Crippen LogP contribution in [0.2, 0.25) is 0 Å². The zero-order chi connectivity index (χ0) is 11.0. The van der Waals surface area contributed by atoms with Crippen LogP contribution in [0.5, 0.6) is 0 Å². The molecule has 0 N–H and O–H groups in total. The molecule has 0 saturated heterocycles. The number of nitrogens with zero attached hydrogens (tertiary/aromatic N) is 2. The fourth-order valence-corrected chi connectivity index (χ4v) is 2.28. The molecule has 0 atom stereocenters. The van der Waals surface area contributed by atoms with E-state index in [-0.39, 0.29) is 0 Å². The van der Waals surface area contributed by atoms with Crippen molar-refractivity contribution < 1.29 is 0 Å². The molecule has 1 aromatic heterocycles. The zero-order valence-corrected chi connectivity index (χ0v) is 9.35. The number of hydrogen-bond acceptors (Lipinski definition) is 2. The Labute approximate surface area is 95.6 Å². The Kier molecular flexibility index (Phi) is 2.22. The van der Waals surface area contributed by atoms with Crippen LogP contribution in [-0.2, 0) is 13.1 Å². The molecule has 3 rings (SSSR count). The van der Waals surface area contributed by atoms with Crippen molar-refractivity contribution in [1.29, 1.82) is 0 Å². The maximum Gasteiger partial charge on any atom is 0.0346 e. The molecule has 0 amide bonds. The van der Waals surface area contributed by atoms with Gasteiger partial charge in [-0.15, -0.1) is 0 Å². The van der Waals surface area contributed by atoms with Crippen LogP contribution in [0.15, 0.2) is 42.7 Å². The van der Waals surface area contributed by atoms with Crippen molar-refractivity contribution in [1.82, 2.24) is 9.88 Å². The Hall–Kier alpha value is -1.67. The molecule has 0 aliphatic carbocycles. The van der Waals surface area contributed by atoms with E-state index in [0.29, 0.717) is 0 Å². The summed E-state index contributed by atoms with van der Waals surface area (Å²) >= 11 is 0. The second-order valence-corrected chi connectivity index (χ2v) is 4.40. The number of benzene rings is 1. The minimum absolute atomic E-state index is 1.06. The minimum atomic E-state index is 1.06. The number of pyridine rings is 1. The van der Waals surface area contributed by atoms with Gasteiger partial charge in [0.2, 0.25) is 0 Å². The molecule has 1 aliphatic rings. The van der Waals surface area contributed by atoms with Gasteiger partial charge in [-0.2, -0.15) is 0 Å². The smallest absolute Gasteiger partial charge is 0.0346 e. The van der Waals surface area contributed by atoms with Gasteiger partial charge in [-0.1, -0.05) is 18.2 Å². The van der Waals surface area contributed by atoms with Crippen molar-refractivity contribution in [2.24, 2.45) is 0 Å². The lowest BCUT2D eigenvalue weighted by atomic mass is 10.0. The Balaban J connectivity index is 2.03. The lowest BCUT2D eigenvalue weighted by molar-refractivity contribution is 0.353. The van der Waals surface area contributed by atoms with Gasteiger partial charge in [0, 0.05) is 25.5 Å². The minimum Gasteiger partial charge on any atom is -0.298 e. The standard InChI is InChI=1S/C14H14N2/c1-16-9-13-5-4-11(7-14(13)10-16)12-3-2-6-15-8-12/h2-8H,9-10H2,1H3. The molecule has 2 heterocycles. The summed E-state index contributed by atoms with van der Waals surface area (Å²) in [6, 6.07) is 10.8. The lowest BCUT2D eigenvalue weighted by Crippen LogP contribution is -2.07. The molecule has 16 heavy (non-hydrogen) atoms. The summed E-state index contributed by atoms with van der Waals surface area (Å²) < 4.78 is 0. The van der Waals surface area contributed by atoms with Crippen LogP contribution in [0.3, 0.4) is 0 Å². The van der Waals surface area contributed by atoms with Crippen molar-refractivity contribution in [3.63, 3.8) is 0 Å². The topological polar surface area (TPSA) is 16.1 Å². The van der Waals surface area contributed by atoms with E-state index in [0.717, 1.165) is 13.1 Å². The van der Waals surface area contributed by atoms with Gasteiger partial charge in [-0.25, -0.2) is 0 Å². The zero-order valence-electron chi connectivity index (χ0n) is 9.35. The normalized spacial score (nSPS) is 15.1. The molecule has 0 radical (unpaired) electrons. The van der Waals surface area contributed by atoms with E-state index in [2.05, 4.69) is 41.2 Å². The maximum absolute atomic E-state index is 4.16. The fourth-order valence-electron chi connectivity index (χ4n) is 2.28. The molecule has 0 fully saturated rings. The predicted octanol–water partition coefficient (Wildman–Crippen LogP) is 2.69. The lowest BCUT2D eigenvalue weighted by Gasteiger charge is -2.04. The molecule has 80 valence electrons. The first-order valence-corrected chi connectivity index (χ1v) is 5.54. The molecular weight excluding hydrogens is 196 g/mol. The summed E-state index contributed by atoms with van der Waals surface area (Å²) in [5.41, 5.74) is 5.36. The van der Waals surface area contributed by atoms with E-state index < -0.39 is 0 Å². The first-order chi connectivity index (χ1) is 7.83. The monoisotopic (exact) mass is 210 g/mol. The van der Waals surface area contributed by atoms with Crippen LogP contribution in [0.25, 0.3) is 11.1 Å². The molecule has 0 spiro atoms. The third-order valence-electron chi connectivity index (χ3n) is 3.08. The van der Waals surface area contributed by atoms with Crippen molar-refractivity contribution in [3.05, 3.63) is 53.9 Å². The van der Waals surface area contributed by atoms with Crippen molar-refractivity contribution in [2.45, 2.75) is 13.1 Å². The number of fused-ring (bicyclic) bond motifs is 1. The fraction of sp³-hybridized carbons (Fsp3) is 0.214. The average Bonchev–Trinajstić information content (AvgIpc) is 2.69. The predicted molar refractivity (Wildman–Crippen MR) is 64.8 cm³/mol. The first kappa shape index (κ1) is 9.55. The molecule has 1 aliphatic heterocycles. The second kappa shape index (κ2) is 3.72. The molecule has 2 aromatic rings. The average molecular weight is 210 g/mol. The molecule has 0 unspecified atom stereocenters. The molecule has 2 heteroatoms. The van der Waals surface area contributed by atoms with Gasteiger partial charge < -0.3 is 0 Å². The largest absolute Gasteiger partial charge is 0.298 e. The highest BCUT2D eigenvalue weighted by molar-refractivity contribution is 5.64. The highest BCUT2D eigenvalue weighted by Crippen LogP contribution is 2.27. The summed E-state index contributed by atoms with van der Waals surface area (Å²) in [6.45, 7) is 2.13. The molecule has 1 aromatic carbocycles. The Morgan fingerprint density at radius 3 is 2.75 bits per heavy atom. The van der Waals surface area contributed by atoms with E-state index in [1.807, 2.05) is 18.5 Å². The summed E-state index contributed by atoms with van der Waals surface area (Å²) in [6.07, 6.45) is 3.73. The van der Waals surface area contributed by atoms with Gasteiger partial charge >= 0.3 is 0 Å². The number of rotatable bonds is 1. The summed E-state index contributed by atoms with van der Waals surface area (Å²) in [5.74, 6) is 0. The van der Waals surface area contributed by atoms with Crippen LogP contribution in [0.1, 0.15) is 11.1 Å². The van der Waals surface area contributed by atoms with Crippen LogP contribution >= 0.6 is 0 Å². The quantitative estimate of drug-likeness (QED) is 0.719. The van der Waals surface area contributed by atoms with E-state index in [9.17, 15) is 0 Å². The van der Waals surface area contributed by atoms with Crippen LogP contribution in [-0.4, -0.2) is 16.9 Å². The number of aromatic nitrogens is 1. The van der Waals surface area contributed by atoms with Crippen molar-refractivity contribution >= 4 is 0 Å². The molecule has 0 saturated carbocycles. The SMILES string of the molecule is CN1Cc2ccc(-c3cccnc3)cc2C1. The Morgan fingerprint density at radius 1 is 1.06 bits per heavy atom. The molecular formula is C14H14N2. The highest BCUT2D eigenvalue weighted by Gasteiger charge is 2.15.